The largest absolute Gasteiger partial charge is 0.411 e. The number of carbonyl (C=O) groups is 1. The second kappa shape index (κ2) is 13.5. The Balaban J connectivity index is 1.68. The maximum atomic E-state index is 11.1. The molecule has 6 nitrogen and oxygen atoms in total. The molecule has 0 unspecified atom stereocenters. The molecular weight excluding hydrogens is 352 g/mol. The molecular formula is C22H30N4O2. The van der Waals surface area contributed by atoms with Crippen LogP contribution in [-0.2, 0) is 17.9 Å². The highest BCUT2D eigenvalue weighted by atomic mass is 16.4. The monoisotopic (exact) mass is 382 g/mol. The van der Waals surface area contributed by atoms with Gasteiger partial charge in [-0.05, 0) is 37.1 Å². The third-order valence-electron chi connectivity index (χ3n) is 4.33. The van der Waals surface area contributed by atoms with E-state index < -0.39 is 0 Å². The summed E-state index contributed by atoms with van der Waals surface area (Å²) in [5.41, 5.74) is 2.65. The van der Waals surface area contributed by atoms with Crippen LogP contribution in [-0.4, -0.2) is 48.4 Å². The number of oxime groups is 1. The molecule has 0 aliphatic rings. The minimum absolute atomic E-state index is 0.375. The molecule has 0 fully saturated rings. The highest BCUT2D eigenvalue weighted by Gasteiger charge is 2.07. The van der Waals surface area contributed by atoms with E-state index in [0.29, 0.717) is 6.54 Å². The maximum Gasteiger partial charge on any atom is 0.265 e. The average Bonchev–Trinajstić information content (AvgIpc) is 2.71. The highest BCUT2D eigenvalue weighted by molar-refractivity contribution is 6.25. The zero-order chi connectivity index (χ0) is 19.9. The third kappa shape index (κ3) is 9.30. The number of nitrogens with zero attached hydrogens (tertiary/aromatic N) is 2. The Morgan fingerprint density at radius 2 is 1.46 bits per heavy atom. The van der Waals surface area contributed by atoms with Gasteiger partial charge in [0.25, 0.3) is 5.91 Å². The molecule has 150 valence electrons. The van der Waals surface area contributed by atoms with Crippen molar-refractivity contribution in [1.82, 2.24) is 15.5 Å². The summed E-state index contributed by atoms with van der Waals surface area (Å²) >= 11 is 0. The number of amides is 1. The van der Waals surface area contributed by atoms with Crippen molar-refractivity contribution in [2.24, 2.45) is 5.16 Å². The molecule has 2 rings (SSSR count). The van der Waals surface area contributed by atoms with E-state index in [9.17, 15) is 4.79 Å². The number of hydrogen-bond acceptors (Lipinski definition) is 5. The normalized spacial score (nSPS) is 11.2. The van der Waals surface area contributed by atoms with Crippen LogP contribution in [0.15, 0.2) is 65.8 Å². The molecule has 2 aromatic rings. The molecule has 0 heterocycles. The van der Waals surface area contributed by atoms with Crippen LogP contribution in [0.4, 0.5) is 0 Å². The number of benzene rings is 2. The SMILES string of the molecule is O=C(C=NO)NCCCNCCCN(Cc1ccccc1)Cc1ccccc1. The number of rotatable bonds is 13. The first-order valence-electron chi connectivity index (χ1n) is 9.74. The van der Waals surface area contributed by atoms with Crippen molar-refractivity contribution in [3.63, 3.8) is 0 Å². The summed E-state index contributed by atoms with van der Waals surface area (Å²) in [6.45, 7) is 5.23. The van der Waals surface area contributed by atoms with Gasteiger partial charge in [0.1, 0.15) is 6.21 Å². The van der Waals surface area contributed by atoms with E-state index in [1.54, 1.807) is 0 Å². The van der Waals surface area contributed by atoms with Crippen molar-refractivity contribution >= 4 is 12.1 Å². The lowest BCUT2D eigenvalue weighted by atomic mass is 10.1. The van der Waals surface area contributed by atoms with Gasteiger partial charge in [0.2, 0.25) is 0 Å². The van der Waals surface area contributed by atoms with Gasteiger partial charge < -0.3 is 15.8 Å². The van der Waals surface area contributed by atoms with Gasteiger partial charge >= 0.3 is 0 Å². The molecule has 3 N–H and O–H groups in total. The fraction of sp³-hybridized carbons (Fsp3) is 0.364. The minimum atomic E-state index is -0.375. The number of hydrogen-bond donors (Lipinski definition) is 3. The second-order valence-corrected chi connectivity index (χ2v) is 6.67. The molecule has 0 radical (unpaired) electrons. The van der Waals surface area contributed by atoms with Crippen LogP contribution in [0.3, 0.4) is 0 Å². The van der Waals surface area contributed by atoms with Crippen molar-refractivity contribution in [2.75, 3.05) is 26.2 Å². The Kier molecular flexibility index (Phi) is 10.4. The zero-order valence-corrected chi connectivity index (χ0v) is 16.3. The van der Waals surface area contributed by atoms with Gasteiger partial charge in [-0.25, -0.2) is 0 Å². The Bertz CT molecular complexity index is 651. The van der Waals surface area contributed by atoms with Gasteiger partial charge in [-0.3, -0.25) is 9.69 Å². The Labute approximate surface area is 167 Å². The summed E-state index contributed by atoms with van der Waals surface area (Å²) in [4.78, 5) is 13.6. The third-order valence-corrected chi connectivity index (χ3v) is 4.33. The van der Waals surface area contributed by atoms with Crippen molar-refractivity contribution in [2.45, 2.75) is 25.9 Å². The fourth-order valence-electron chi connectivity index (χ4n) is 2.97. The van der Waals surface area contributed by atoms with E-state index in [4.69, 9.17) is 5.21 Å². The molecule has 2 aromatic carbocycles. The van der Waals surface area contributed by atoms with Gasteiger partial charge in [0.05, 0.1) is 0 Å². The van der Waals surface area contributed by atoms with Gasteiger partial charge in [-0.1, -0.05) is 65.8 Å². The van der Waals surface area contributed by atoms with E-state index >= 15 is 0 Å². The van der Waals surface area contributed by atoms with Crippen LogP contribution in [0, 0.1) is 0 Å². The van der Waals surface area contributed by atoms with Crippen LogP contribution in [0.2, 0.25) is 0 Å². The highest BCUT2D eigenvalue weighted by Crippen LogP contribution is 2.10. The van der Waals surface area contributed by atoms with Gasteiger partial charge in [-0.2, -0.15) is 0 Å². The van der Waals surface area contributed by atoms with E-state index in [1.807, 2.05) is 12.1 Å². The summed E-state index contributed by atoms with van der Waals surface area (Å²) < 4.78 is 0. The molecule has 6 heteroatoms. The van der Waals surface area contributed by atoms with Crippen LogP contribution < -0.4 is 10.6 Å². The molecule has 0 aromatic heterocycles. The molecule has 1 amide bonds. The predicted molar refractivity (Wildman–Crippen MR) is 112 cm³/mol. The molecule has 0 bridgehead atoms. The van der Waals surface area contributed by atoms with Crippen LogP contribution in [0.25, 0.3) is 0 Å². The van der Waals surface area contributed by atoms with E-state index in [2.05, 4.69) is 69.2 Å². The molecule has 0 saturated heterocycles. The first kappa shape index (κ1) is 21.6. The summed E-state index contributed by atoms with van der Waals surface area (Å²) in [5, 5.41) is 17.0. The molecule has 0 aliphatic heterocycles. The van der Waals surface area contributed by atoms with E-state index in [1.165, 1.54) is 11.1 Å². The first-order valence-corrected chi connectivity index (χ1v) is 9.74. The summed E-state index contributed by atoms with van der Waals surface area (Å²) in [5.74, 6) is -0.375. The average molecular weight is 383 g/mol. The minimum Gasteiger partial charge on any atom is -0.411 e. The maximum absolute atomic E-state index is 11.1. The van der Waals surface area contributed by atoms with E-state index in [-0.39, 0.29) is 5.91 Å². The second-order valence-electron chi connectivity index (χ2n) is 6.67. The Morgan fingerprint density at radius 1 is 0.893 bits per heavy atom. The van der Waals surface area contributed by atoms with Crippen LogP contribution in [0.5, 0.6) is 0 Å². The van der Waals surface area contributed by atoms with Gasteiger partial charge in [0.15, 0.2) is 0 Å². The lowest BCUT2D eigenvalue weighted by Crippen LogP contribution is -2.30. The van der Waals surface area contributed by atoms with Gasteiger partial charge in [-0.15, -0.1) is 0 Å². The van der Waals surface area contributed by atoms with E-state index in [0.717, 1.165) is 51.8 Å². The van der Waals surface area contributed by atoms with Gasteiger partial charge in [0, 0.05) is 26.2 Å². The fourth-order valence-corrected chi connectivity index (χ4v) is 2.97. The van der Waals surface area contributed by atoms with Crippen molar-refractivity contribution in [3.8, 4) is 0 Å². The molecule has 0 spiro atoms. The zero-order valence-electron chi connectivity index (χ0n) is 16.3. The predicted octanol–water partition coefficient (Wildman–Crippen LogP) is 2.63. The van der Waals surface area contributed by atoms with Crippen molar-refractivity contribution in [3.05, 3.63) is 71.8 Å². The molecule has 0 atom stereocenters. The molecule has 0 aliphatic carbocycles. The summed E-state index contributed by atoms with van der Waals surface area (Å²) in [7, 11) is 0. The first-order chi connectivity index (χ1) is 13.8. The smallest absolute Gasteiger partial charge is 0.265 e. The lowest BCUT2D eigenvalue weighted by Gasteiger charge is -2.23. The summed E-state index contributed by atoms with van der Waals surface area (Å²) in [6, 6.07) is 21.1. The van der Waals surface area contributed by atoms with Crippen molar-refractivity contribution < 1.29 is 10.0 Å². The Morgan fingerprint density at radius 3 is 2.04 bits per heavy atom. The quantitative estimate of drug-likeness (QED) is 0.215. The number of nitrogens with one attached hydrogen (secondary N) is 2. The summed E-state index contributed by atoms with van der Waals surface area (Å²) in [6.07, 6.45) is 2.76. The number of carbonyl (C=O) groups excluding carboxylic acids is 1. The lowest BCUT2D eigenvalue weighted by molar-refractivity contribution is -0.114. The topological polar surface area (TPSA) is 77.0 Å². The molecule has 0 saturated carbocycles. The Hall–Kier alpha value is -2.70. The van der Waals surface area contributed by atoms with Crippen molar-refractivity contribution in [1.29, 1.82) is 0 Å². The molecule has 28 heavy (non-hydrogen) atoms. The van der Waals surface area contributed by atoms with Crippen LogP contribution in [0.1, 0.15) is 24.0 Å². The van der Waals surface area contributed by atoms with Crippen LogP contribution >= 0.6 is 0 Å². The standard InChI is InChI=1S/C22H30N4O2/c27-22(17-25-28)24-15-7-13-23-14-8-16-26(18-20-9-3-1-4-10-20)19-21-11-5-2-6-12-21/h1-6,9-12,17,23,28H,7-8,13-16,18-19H2,(H,24,27).